The molecule has 3 rings (SSSR count). The fourth-order valence-corrected chi connectivity index (χ4v) is 2.99. The molecule has 0 aliphatic carbocycles. The Labute approximate surface area is 135 Å². The lowest BCUT2D eigenvalue weighted by Gasteiger charge is -2.31. The minimum absolute atomic E-state index is 0.00207. The van der Waals surface area contributed by atoms with Crippen molar-refractivity contribution < 1.29 is 19.1 Å². The van der Waals surface area contributed by atoms with E-state index in [0.29, 0.717) is 58.0 Å². The first-order valence-electron chi connectivity index (χ1n) is 7.95. The first kappa shape index (κ1) is 15.7. The molecule has 23 heavy (non-hydrogen) atoms. The van der Waals surface area contributed by atoms with Gasteiger partial charge in [-0.05, 0) is 24.5 Å². The van der Waals surface area contributed by atoms with E-state index in [4.69, 9.17) is 9.47 Å². The second-order valence-corrected chi connectivity index (χ2v) is 5.60. The predicted octanol–water partition coefficient (Wildman–Crippen LogP) is 1.07. The third kappa shape index (κ3) is 3.29. The Morgan fingerprint density at radius 1 is 1.22 bits per heavy atom. The number of fused-ring (bicyclic) bond motifs is 1. The second kappa shape index (κ2) is 6.95. The van der Waals surface area contributed by atoms with Crippen LogP contribution < -0.4 is 0 Å². The first-order chi connectivity index (χ1) is 11.2. The number of carbonyl (C=O) groups is 2. The number of hydrogen-bond acceptors (Lipinski definition) is 5. The number of ether oxygens (including phenoxy) is 2. The summed E-state index contributed by atoms with van der Waals surface area (Å²) < 4.78 is 10.3. The van der Waals surface area contributed by atoms with Crippen molar-refractivity contribution in [2.45, 2.75) is 19.9 Å². The molecule has 0 saturated carbocycles. The van der Waals surface area contributed by atoms with Crippen LogP contribution in [0, 0.1) is 0 Å². The first-order valence-corrected chi connectivity index (χ1v) is 7.95. The van der Waals surface area contributed by atoms with Crippen LogP contribution in [-0.4, -0.2) is 66.2 Å². The van der Waals surface area contributed by atoms with E-state index < -0.39 is 0 Å². The SMILES string of the molecule is CCOC(=O)N1CCc2c(cncc2C(=O)N2CCOCC2)C1. The van der Waals surface area contributed by atoms with E-state index in [0.717, 1.165) is 11.1 Å². The molecule has 0 bridgehead atoms. The zero-order valence-corrected chi connectivity index (χ0v) is 13.3. The molecule has 0 aromatic carbocycles. The molecule has 2 aliphatic rings. The molecule has 1 aromatic heterocycles. The fourth-order valence-electron chi connectivity index (χ4n) is 2.99. The van der Waals surface area contributed by atoms with Gasteiger partial charge in [-0.1, -0.05) is 0 Å². The minimum Gasteiger partial charge on any atom is -0.450 e. The number of amides is 2. The van der Waals surface area contributed by atoms with Crippen LogP contribution in [-0.2, 0) is 22.4 Å². The smallest absolute Gasteiger partial charge is 0.410 e. The molecule has 1 saturated heterocycles. The van der Waals surface area contributed by atoms with Crippen LogP contribution in [0.15, 0.2) is 12.4 Å². The quantitative estimate of drug-likeness (QED) is 0.815. The predicted molar refractivity (Wildman–Crippen MR) is 82.1 cm³/mol. The summed E-state index contributed by atoms with van der Waals surface area (Å²) in [7, 11) is 0. The molecule has 2 amide bonds. The summed E-state index contributed by atoms with van der Waals surface area (Å²) in [6.07, 6.45) is 3.69. The lowest BCUT2D eigenvalue weighted by Crippen LogP contribution is -2.42. The molecule has 7 heteroatoms. The van der Waals surface area contributed by atoms with Gasteiger partial charge in [-0.25, -0.2) is 4.79 Å². The van der Waals surface area contributed by atoms with Gasteiger partial charge >= 0.3 is 6.09 Å². The highest BCUT2D eigenvalue weighted by molar-refractivity contribution is 5.96. The number of rotatable bonds is 2. The van der Waals surface area contributed by atoms with Gasteiger partial charge in [0.05, 0.1) is 31.9 Å². The van der Waals surface area contributed by atoms with Crippen LogP contribution in [0.1, 0.15) is 28.4 Å². The largest absolute Gasteiger partial charge is 0.450 e. The summed E-state index contributed by atoms with van der Waals surface area (Å²) in [5, 5.41) is 0. The Bertz CT molecular complexity index is 599. The van der Waals surface area contributed by atoms with Gasteiger partial charge in [0.1, 0.15) is 0 Å². The molecule has 124 valence electrons. The van der Waals surface area contributed by atoms with Crippen LogP contribution in [0.5, 0.6) is 0 Å². The van der Waals surface area contributed by atoms with Gasteiger partial charge in [0.15, 0.2) is 0 Å². The van der Waals surface area contributed by atoms with Gasteiger partial charge in [-0.15, -0.1) is 0 Å². The topological polar surface area (TPSA) is 72.0 Å². The van der Waals surface area contributed by atoms with Crippen LogP contribution in [0.3, 0.4) is 0 Å². The molecule has 0 unspecified atom stereocenters. The highest BCUT2D eigenvalue weighted by Gasteiger charge is 2.27. The molecule has 2 aliphatic heterocycles. The summed E-state index contributed by atoms with van der Waals surface area (Å²) in [5.74, 6) is 0.00207. The van der Waals surface area contributed by atoms with Crippen molar-refractivity contribution in [1.29, 1.82) is 0 Å². The van der Waals surface area contributed by atoms with E-state index in [1.807, 2.05) is 0 Å². The van der Waals surface area contributed by atoms with Gasteiger partial charge in [0.2, 0.25) is 0 Å². The Morgan fingerprint density at radius 2 is 2.00 bits per heavy atom. The molecule has 0 radical (unpaired) electrons. The van der Waals surface area contributed by atoms with Crippen molar-refractivity contribution in [2.75, 3.05) is 39.5 Å². The van der Waals surface area contributed by atoms with E-state index in [1.54, 1.807) is 29.1 Å². The summed E-state index contributed by atoms with van der Waals surface area (Å²) >= 11 is 0. The zero-order chi connectivity index (χ0) is 16.2. The number of pyridine rings is 1. The lowest BCUT2D eigenvalue weighted by molar-refractivity contribution is 0.0301. The summed E-state index contributed by atoms with van der Waals surface area (Å²) in [6, 6.07) is 0. The molecule has 3 heterocycles. The summed E-state index contributed by atoms with van der Waals surface area (Å²) in [6.45, 7) is 5.50. The molecule has 0 atom stereocenters. The number of morpholine rings is 1. The number of aromatic nitrogens is 1. The maximum absolute atomic E-state index is 12.7. The van der Waals surface area contributed by atoms with Gasteiger partial charge < -0.3 is 19.3 Å². The number of hydrogen-bond donors (Lipinski definition) is 0. The fraction of sp³-hybridized carbons (Fsp3) is 0.562. The van der Waals surface area contributed by atoms with Crippen molar-refractivity contribution in [2.24, 2.45) is 0 Å². The number of carbonyl (C=O) groups excluding carboxylic acids is 2. The molecular weight excluding hydrogens is 298 g/mol. The Morgan fingerprint density at radius 3 is 2.74 bits per heavy atom. The average molecular weight is 319 g/mol. The third-order valence-electron chi connectivity index (χ3n) is 4.19. The maximum Gasteiger partial charge on any atom is 0.410 e. The van der Waals surface area contributed by atoms with Crippen LogP contribution in [0.4, 0.5) is 4.79 Å². The van der Waals surface area contributed by atoms with Gasteiger partial charge in [-0.3, -0.25) is 9.78 Å². The minimum atomic E-state index is -0.317. The molecule has 0 N–H and O–H groups in total. The molecule has 1 fully saturated rings. The molecule has 0 spiro atoms. The van der Waals surface area contributed by atoms with Crippen LogP contribution >= 0.6 is 0 Å². The van der Waals surface area contributed by atoms with E-state index >= 15 is 0 Å². The average Bonchev–Trinajstić information content (AvgIpc) is 2.61. The highest BCUT2D eigenvalue weighted by Crippen LogP contribution is 2.23. The van der Waals surface area contributed by atoms with Crippen molar-refractivity contribution >= 4 is 12.0 Å². The van der Waals surface area contributed by atoms with E-state index in [2.05, 4.69) is 4.98 Å². The van der Waals surface area contributed by atoms with E-state index in [1.165, 1.54) is 0 Å². The van der Waals surface area contributed by atoms with Crippen molar-refractivity contribution in [3.63, 3.8) is 0 Å². The van der Waals surface area contributed by atoms with Crippen molar-refractivity contribution in [3.8, 4) is 0 Å². The van der Waals surface area contributed by atoms with Crippen LogP contribution in [0.2, 0.25) is 0 Å². The standard InChI is InChI=1S/C16H21N3O4/c1-2-23-16(21)19-4-3-13-12(11-19)9-17-10-14(13)15(20)18-5-7-22-8-6-18/h9-10H,2-8,11H2,1H3. The summed E-state index contributed by atoms with van der Waals surface area (Å²) in [4.78, 5) is 32.2. The molecule has 7 nitrogen and oxygen atoms in total. The Balaban J connectivity index is 1.79. The van der Waals surface area contributed by atoms with Crippen LogP contribution in [0.25, 0.3) is 0 Å². The normalized spacial score (nSPS) is 17.6. The number of nitrogens with zero attached hydrogens (tertiary/aromatic N) is 3. The second-order valence-electron chi connectivity index (χ2n) is 5.60. The summed E-state index contributed by atoms with van der Waals surface area (Å²) in [5.41, 5.74) is 2.56. The van der Waals surface area contributed by atoms with Crippen molar-refractivity contribution in [1.82, 2.24) is 14.8 Å². The van der Waals surface area contributed by atoms with Crippen molar-refractivity contribution in [3.05, 3.63) is 29.1 Å². The molecular formula is C16H21N3O4. The maximum atomic E-state index is 12.7. The van der Waals surface area contributed by atoms with Gasteiger partial charge in [-0.2, -0.15) is 0 Å². The lowest BCUT2D eigenvalue weighted by atomic mass is 9.96. The molecule has 1 aromatic rings. The van der Waals surface area contributed by atoms with Gasteiger partial charge in [0.25, 0.3) is 5.91 Å². The van der Waals surface area contributed by atoms with E-state index in [9.17, 15) is 9.59 Å². The zero-order valence-electron chi connectivity index (χ0n) is 13.3. The highest BCUT2D eigenvalue weighted by atomic mass is 16.6. The Hall–Kier alpha value is -2.15. The van der Waals surface area contributed by atoms with Gasteiger partial charge in [0, 0.05) is 32.0 Å². The third-order valence-corrected chi connectivity index (χ3v) is 4.19. The Kier molecular flexibility index (Phi) is 4.76. The van der Waals surface area contributed by atoms with E-state index in [-0.39, 0.29) is 12.0 Å². The monoisotopic (exact) mass is 319 g/mol.